The van der Waals surface area contributed by atoms with Gasteiger partial charge in [0, 0.05) is 18.8 Å². The van der Waals surface area contributed by atoms with E-state index in [1.54, 1.807) is 18.4 Å². The van der Waals surface area contributed by atoms with Gasteiger partial charge in [-0.2, -0.15) is 0 Å². The first-order chi connectivity index (χ1) is 12.5. The molecule has 26 heavy (non-hydrogen) atoms. The van der Waals surface area contributed by atoms with Crippen LogP contribution in [0.4, 0.5) is 17.3 Å². The van der Waals surface area contributed by atoms with Crippen LogP contribution < -0.4 is 5.32 Å². The summed E-state index contributed by atoms with van der Waals surface area (Å²) in [5.74, 6) is 0.258. The van der Waals surface area contributed by atoms with Gasteiger partial charge in [0.25, 0.3) is 5.69 Å². The van der Waals surface area contributed by atoms with Gasteiger partial charge >= 0.3 is 5.69 Å². The van der Waals surface area contributed by atoms with Crippen LogP contribution in [-0.2, 0) is 5.54 Å². The van der Waals surface area contributed by atoms with Crippen molar-refractivity contribution in [2.24, 2.45) is 4.99 Å². The lowest BCUT2D eigenvalue weighted by Crippen LogP contribution is -2.24. The molecule has 2 aromatic rings. The van der Waals surface area contributed by atoms with Gasteiger partial charge < -0.3 is 5.32 Å². The second kappa shape index (κ2) is 7.01. The maximum atomic E-state index is 10.8. The van der Waals surface area contributed by atoms with Crippen LogP contribution in [0.5, 0.6) is 0 Å². The Bertz CT molecular complexity index is 866. The summed E-state index contributed by atoms with van der Waals surface area (Å²) in [6, 6.07) is 2.96. The molecule has 0 saturated carbocycles. The average molecular weight is 355 g/mol. The minimum atomic E-state index is -0.733. The molecule has 0 amide bonds. The zero-order chi connectivity index (χ0) is 18.6. The summed E-state index contributed by atoms with van der Waals surface area (Å²) in [5, 5.41) is 24.3. The van der Waals surface area contributed by atoms with Gasteiger partial charge in [-0.05, 0) is 24.6 Å². The van der Waals surface area contributed by atoms with E-state index in [1.807, 2.05) is 6.08 Å². The van der Waals surface area contributed by atoms with Gasteiger partial charge in [-0.3, -0.25) is 30.2 Å². The zero-order valence-electron chi connectivity index (χ0n) is 13.3. The van der Waals surface area contributed by atoms with Gasteiger partial charge in [0.15, 0.2) is 0 Å². The third-order valence-corrected chi connectivity index (χ3v) is 3.80. The van der Waals surface area contributed by atoms with Gasteiger partial charge in [-0.15, -0.1) is 0 Å². The van der Waals surface area contributed by atoms with Crippen molar-refractivity contribution in [1.82, 2.24) is 15.0 Å². The second-order valence-electron chi connectivity index (χ2n) is 5.42. The molecule has 1 aliphatic rings. The molecular weight excluding hydrogens is 342 g/mol. The Labute approximate surface area is 146 Å². The maximum absolute atomic E-state index is 10.8. The van der Waals surface area contributed by atoms with E-state index in [0.717, 1.165) is 12.4 Å². The van der Waals surface area contributed by atoms with Crippen molar-refractivity contribution in [2.45, 2.75) is 12.0 Å². The predicted octanol–water partition coefficient (Wildman–Crippen LogP) is 2.03. The van der Waals surface area contributed by atoms with Crippen LogP contribution in [0.15, 0.2) is 47.9 Å². The SMILES string of the molecule is O=[N+]([O-])c1ccc(C2(CCNc3ncc([N+](=O)[O-])cn3)C=CC=N2)nc1. The molecule has 11 nitrogen and oxygen atoms in total. The fourth-order valence-corrected chi connectivity index (χ4v) is 2.47. The molecule has 2 aromatic heterocycles. The topological polar surface area (TPSA) is 149 Å². The highest BCUT2D eigenvalue weighted by Gasteiger charge is 2.31. The smallest absolute Gasteiger partial charge is 0.305 e. The number of aliphatic imine (C=N–C) groups is 1. The summed E-state index contributed by atoms with van der Waals surface area (Å²) >= 11 is 0. The van der Waals surface area contributed by atoms with Crippen molar-refractivity contribution < 1.29 is 9.85 Å². The number of pyridine rings is 1. The molecule has 3 rings (SSSR count). The quantitative estimate of drug-likeness (QED) is 0.585. The van der Waals surface area contributed by atoms with Crippen molar-refractivity contribution >= 4 is 23.5 Å². The van der Waals surface area contributed by atoms with Crippen molar-refractivity contribution in [3.05, 3.63) is 68.8 Å². The molecule has 0 saturated heterocycles. The lowest BCUT2D eigenvalue weighted by atomic mass is 9.92. The Morgan fingerprint density at radius 1 is 1.00 bits per heavy atom. The lowest BCUT2D eigenvalue weighted by Gasteiger charge is -2.23. The first-order valence-electron chi connectivity index (χ1n) is 7.54. The Morgan fingerprint density at radius 3 is 2.23 bits per heavy atom. The van der Waals surface area contributed by atoms with Gasteiger partial charge in [0.1, 0.15) is 24.1 Å². The number of rotatable bonds is 7. The summed E-state index contributed by atoms with van der Waals surface area (Å²) in [6.07, 6.45) is 9.22. The molecule has 1 aliphatic heterocycles. The van der Waals surface area contributed by atoms with Crippen LogP contribution in [0.2, 0.25) is 0 Å². The van der Waals surface area contributed by atoms with E-state index in [1.165, 1.54) is 12.3 Å². The molecule has 0 bridgehead atoms. The molecule has 1 atom stereocenters. The summed E-state index contributed by atoms with van der Waals surface area (Å²) in [5.41, 5.74) is -0.430. The van der Waals surface area contributed by atoms with Crippen LogP contribution in [0, 0.1) is 20.2 Å². The maximum Gasteiger partial charge on any atom is 0.305 e. The Kier molecular flexibility index (Phi) is 4.60. The lowest BCUT2D eigenvalue weighted by molar-refractivity contribution is -0.385. The average Bonchev–Trinajstić information content (AvgIpc) is 3.12. The molecule has 3 heterocycles. The number of nitro groups is 2. The normalized spacial score (nSPS) is 18.0. The van der Waals surface area contributed by atoms with Crippen molar-refractivity contribution in [3.63, 3.8) is 0 Å². The molecule has 0 aromatic carbocycles. The Morgan fingerprint density at radius 2 is 1.69 bits per heavy atom. The monoisotopic (exact) mass is 355 g/mol. The van der Waals surface area contributed by atoms with Gasteiger partial charge in [-0.25, -0.2) is 9.97 Å². The first-order valence-corrected chi connectivity index (χ1v) is 7.54. The minimum Gasteiger partial charge on any atom is -0.354 e. The van der Waals surface area contributed by atoms with Crippen molar-refractivity contribution in [1.29, 1.82) is 0 Å². The highest BCUT2D eigenvalue weighted by Crippen LogP contribution is 2.33. The van der Waals surface area contributed by atoms with E-state index < -0.39 is 15.4 Å². The van der Waals surface area contributed by atoms with E-state index in [9.17, 15) is 20.2 Å². The molecule has 11 heteroatoms. The molecule has 0 aliphatic carbocycles. The molecule has 132 valence electrons. The third-order valence-electron chi connectivity index (χ3n) is 3.80. The van der Waals surface area contributed by atoms with Crippen LogP contribution in [0.1, 0.15) is 12.1 Å². The molecular formula is C15H13N7O4. The highest BCUT2D eigenvalue weighted by atomic mass is 16.6. The first kappa shape index (κ1) is 17.1. The number of allylic oxidation sites excluding steroid dienone is 1. The van der Waals surface area contributed by atoms with Gasteiger partial charge in [0.2, 0.25) is 5.95 Å². The van der Waals surface area contributed by atoms with Gasteiger partial charge in [0.05, 0.1) is 15.5 Å². The second-order valence-corrected chi connectivity index (χ2v) is 5.42. The van der Waals surface area contributed by atoms with Gasteiger partial charge in [-0.1, -0.05) is 0 Å². The standard InChI is InChI=1S/C15H13N7O4/c23-21(24)11-2-3-13(17-8-11)15(4-1-6-20-15)5-7-16-14-18-9-12(10-19-14)22(25)26/h1-4,6,8-10H,5,7H2,(H,16,18,19). The van der Waals surface area contributed by atoms with E-state index in [-0.39, 0.29) is 17.3 Å². The minimum absolute atomic E-state index is 0.0905. The summed E-state index contributed by atoms with van der Waals surface area (Å²) in [7, 11) is 0. The fourth-order valence-electron chi connectivity index (χ4n) is 2.47. The van der Waals surface area contributed by atoms with Crippen molar-refractivity contribution in [2.75, 3.05) is 11.9 Å². The van der Waals surface area contributed by atoms with E-state index >= 15 is 0 Å². The van der Waals surface area contributed by atoms with E-state index in [0.29, 0.717) is 18.7 Å². The molecule has 1 N–H and O–H groups in total. The number of hydrogen-bond acceptors (Lipinski definition) is 9. The summed E-state index contributed by atoms with van der Waals surface area (Å²) < 4.78 is 0. The fraction of sp³-hybridized carbons (Fsp3) is 0.200. The van der Waals surface area contributed by atoms with E-state index in [2.05, 4.69) is 25.3 Å². The van der Waals surface area contributed by atoms with Crippen LogP contribution in [0.25, 0.3) is 0 Å². The van der Waals surface area contributed by atoms with Crippen LogP contribution in [0.3, 0.4) is 0 Å². The number of aromatic nitrogens is 3. The number of hydrogen-bond donors (Lipinski definition) is 1. The largest absolute Gasteiger partial charge is 0.354 e. The summed E-state index contributed by atoms with van der Waals surface area (Å²) in [6.45, 7) is 0.415. The highest BCUT2D eigenvalue weighted by molar-refractivity contribution is 5.75. The van der Waals surface area contributed by atoms with Crippen LogP contribution in [-0.4, -0.2) is 37.6 Å². The number of nitrogens with zero attached hydrogens (tertiary/aromatic N) is 6. The van der Waals surface area contributed by atoms with Crippen LogP contribution >= 0.6 is 0 Å². The molecule has 0 fully saturated rings. The van der Waals surface area contributed by atoms with Crippen molar-refractivity contribution in [3.8, 4) is 0 Å². The number of anilines is 1. The number of nitrogens with one attached hydrogen (secondary N) is 1. The zero-order valence-corrected chi connectivity index (χ0v) is 13.3. The predicted molar refractivity (Wildman–Crippen MR) is 92.0 cm³/mol. The Balaban J connectivity index is 1.69. The summed E-state index contributed by atoms with van der Waals surface area (Å²) in [4.78, 5) is 36.7. The Hall–Kier alpha value is -3.76. The molecule has 1 unspecified atom stereocenters. The molecule has 0 spiro atoms. The third kappa shape index (κ3) is 3.50. The molecule has 0 radical (unpaired) electrons. The van der Waals surface area contributed by atoms with E-state index in [4.69, 9.17) is 0 Å².